The van der Waals surface area contributed by atoms with Gasteiger partial charge in [0, 0.05) is 38.2 Å². The van der Waals surface area contributed by atoms with Gasteiger partial charge in [-0.15, -0.1) is 0 Å². The summed E-state index contributed by atoms with van der Waals surface area (Å²) >= 11 is 0. The lowest BCUT2D eigenvalue weighted by Crippen LogP contribution is -2.38. The average Bonchev–Trinajstić information content (AvgIpc) is 3.34. The van der Waals surface area contributed by atoms with Crippen LogP contribution in [-0.4, -0.2) is 38.0 Å². The third kappa shape index (κ3) is 3.22. The monoisotopic (exact) mass is 302 g/mol. The van der Waals surface area contributed by atoms with Crippen molar-refractivity contribution in [2.75, 3.05) is 30.4 Å². The molecule has 118 valence electrons. The lowest BCUT2D eigenvalue weighted by Gasteiger charge is -2.19. The molecule has 1 heterocycles. The maximum atomic E-state index is 12.2. The molecule has 1 fully saturated rings. The van der Waals surface area contributed by atoms with Crippen LogP contribution in [0.4, 0.5) is 11.4 Å². The first kappa shape index (κ1) is 14.8. The molecule has 4 N–H and O–H groups in total. The van der Waals surface area contributed by atoms with Crippen LogP contribution in [0.2, 0.25) is 0 Å². The highest BCUT2D eigenvalue weighted by Gasteiger charge is 2.28. The highest BCUT2D eigenvalue weighted by atomic mass is 16.2. The molecule has 1 aliphatic heterocycles. The van der Waals surface area contributed by atoms with Crippen molar-refractivity contribution in [2.24, 2.45) is 11.7 Å². The molecule has 1 aromatic carbocycles. The van der Waals surface area contributed by atoms with Gasteiger partial charge in [0.05, 0.1) is 11.4 Å². The molecule has 1 aromatic rings. The molecule has 1 saturated carbocycles. The van der Waals surface area contributed by atoms with Crippen molar-refractivity contribution >= 4 is 23.2 Å². The standard InChI is InChI=1S/C16H22N4O2/c1-20-7-6-15(21)19-13-8-11(4-5-14(13)20)16(22)18-9-12(17)10-2-3-10/h4-5,8,10,12H,2-3,6-7,9,17H2,1H3,(H,18,22)(H,19,21). The first-order valence-corrected chi connectivity index (χ1v) is 7.73. The van der Waals surface area contributed by atoms with E-state index in [0.717, 1.165) is 18.5 Å². The van der Waals surface area contributed by atoms with Crippen LogP contribution >= 0.6 is 0 Å². The number of nitrogens with zero attached hydrogens (tertiary/aromatic N) is 1. The minimum atomic E-state index is -0.153. The smallest absolute Gasteiger partial charge is 0.251 e. The first-order chi connectivity index (χ1) is 10.5. The van der Waals surface area contributed by atoms with Crippen molar-refractivity contribution in [3.8, 4) is 0 Å². The fourth-order valence-corrected chi connectivity index (χ4v) is 2.72. The van der Waals surface area contributed by atoms with Gasteiger partial charge in [0.25, 0.3) is 5.91 Å². The van der Waals surface area contributed by atoms with E-state index in [9.17, 15) is 9.59 Å². The summed E-state index contributed by atoms with van der Waals surface area (Å²) < 4.78 is 0. The van der Waals surface area contributed by atoms with Gasteiger partial charge in [-0.25, -0.2) is 0 Å². The summed E-state index contributed by atoms with van der Waals surface area (Å²) in [5, 5.41) is 5.73. The van der Waals surface area contributed by atoms with E-state index in [4.69, 9.17) is 5.73 Å². The van der Waals surface area contributed by atoms with Gasteiger partial charge >= 0.3 is 0 Å². The van der Waals surface area contributed by atoms with Crippen LogP contribution < -0.4 is 21.3 Å². The van der Waals surface area contributed by atoms with Crippen molar-refractivity contribution in [1.29, 1.82) is 0 Å². The molecule has 1 atom stereocenters. The van der Waals surface area contributed by atoms with Gasteiger partial charge in [0.15, 0.2) is 0 Å². The maximum absolute atomic E-state index is 12.2. The molecule has 1 aliphatic carbocycles. The second-order valence-electron chi connectivity index (χ2n) is 6.16. The molecule has 0 radical (unpaired) electrons. The van der Waals surface area contributed by atoms with Crippen molar-refractivity contribution in [2.45, 2.75) is 25.3 Å². The molecule has 0 saturated heterocycles. The number of carbonyl (C=O) groups is 2. The van der Waals surface area contributed by atoms with E-state index in [0.29, 0.717) is 36.7 Å². The Labute approximate surface area is 130 Å². The van der Waals surface area contributed by atoms with E-state index >= 15 is 0 Å². The molecule has 2 aliphatic rings. The lowest BCUT2D eigenvalue weighted by molar-refractivity contribution is -0.115. The second-order valence-corrected chi connectivity index (χ2v) is 6.16. The summed E-state index contributed by atoms with van der Waals surface area (Å²) in [5.41, 5.74) is 8.15. The summed E-state index contributed by atoms with van der Waals surface area (Å²) in [4.78, 5) is 26.0. The van der Waals surface area contributed by atoms with E-state index in [1.165, 1.54) is 0 Å². The van der Waals surface area contributed by atoms with Crippen LogP contribution in [0.15, 0.2) is 18.2 Å². The molecule has 0 spiro atoms. The normalized spacial score (nSPS) is 19.0. The number of amides is 2. The Morgan fingerprint density at radius 2 is 2.27 bits per heavy atom. The Balaban J connectivity index is 1.71. The summed E-state index contributed by atoms with van der Waals surface area (Å²) in [5.74, 6) is 0.374. The number of hydrogen-bond acceptors (Lipinski definition) is 4. The number of rotatable bonds is 4. The summed E-state index contributed by atoms with van der Waals surface area (Å²) in [6.07, 6.45) is 2.77. The molecular formula is C16H22N4O2. The largest absolute Gasteiger partial charge is 0.372 e. The van der Waals surface area contributed by atoms with Gasteiger partial charge in [-0.2, -0.15) is 0 Å². The van der Waals surface area contributed by atoms with Gasteiger partial charge in [0.2, 0.25) is 5.91 Å². The Morgan fingerprint density at radius 1 is 1.50 bits per heavy atom. The van der Waals surface area contributed by atoms with E-state index in [2.05, 4.69) is 10.6 Å². The van der Waals surface area contributed by atoms with Gasteiger partial charge in [-0.1, -0.05) is 0 Å². The predicted octanol–water partition coefficient (Wildman–Crippen LogP) is 0.932. The van der Waals surface area contributed by atoms with Crippen molar-refractivity contribution in [3.05, 3.63) is 23.8 Å². The Morgan fingerprint density at radius 3 is 3.00 bits per heavy atom. The molecule has 22 heavy (non-hydrogen) atoms. The van der Waals surface area contributed by atoms with Crippen LogP contribution in [0.3, 0.4) is 0 Å². The highest BCUT2D eigenvalue weighted by molar-refractivity contribution is 6.00. The SMILES string of the molecule is CN1CCC(=O)Nc2cc(C(=O)NCC(N)C3CC3)ccc21. The highest BCUT2D eigenvalue weighted by Crippen LogP contribution is 2.31. The number of nitrogens with one attached hydrogen (secondary N) is 2. The molecule has 1 unspecified atom stereocenters. The van der Waals surface area contributed by atoms with Crippen molar-refractivity contribution in [3.63, 3.8) is 0 Å². The molecular weight excluding hydrogens is 280 g/mol. The molecule has 6 nitrogen and oxygen atoms in total. The first-order valence-electron chi connectivity index (χ1n) is 7.73. The lowest BCUT2D eigenvalue weighted by atomic mass is 10.1. The quantitative estimate of drug-likeness (QED) is 0.772. The van der Waals surface area contributed by atoms with E-state index in [-0.39, 0.29) is 17.9 Å². The number of nitrogens with two attached hydrogens (primary N) is 1. The topological polar surface area (TPSA) is 87.5 Å². The van der Waals surface area contributed by atoms with Crippen LogP contribution in [0.1, 0.15) is 29.6 Å². The maximum Gasteiger partial charge on any atom is 0.251 e. The van der Waals surface area contributed by atoms with Crippen LogP contribution in [0.5, 0.6) is 0 Å². The third-order valence-corrected chi connectivity index (χ3v) is 4.34. The molecule has 6 heteroatoms. The van der Waals surface area contributed by atoms with E-state index < -0.39 is 0 Å². The minimum absolute atomic E-state index is 0.0288. The molecule has 0 bridgehead atoms. The number of benzene rings is 1. The predicted molar refractivity (Wildman–Crippen MR) is 86.0 cm³/mol. The van der Waals surface area contributed by atoms with Crippen LogP contribution in [0.25, 0.3) is 0 Å². The van der Waals surface area contributed by atoms with Crippen LogP contribution in [-0.2, 0) is 4.79 Å². The Kier molecular flexibility index (Phi) is 4.02. The molecule has 3 rings (SSSR count). The van der Waals surface area contributed by atoms with Gasteiger partial charge < -0.3 is 21.3 Å². The number of hydrogen-bond donors (Lipinski definition) is 3. The second kappa shape index (κ2) is 5.96. The fraction of sp³-hybridized carbons (Fsp3) is 0.500. The zero-order valence-electron chi connectivity index (χ0n) is 12.8. The summed E-state index contributed by atoms with van der Waals surface area (Å²) in [6, 6.07) is 5.42. The fourth-order valence-electron chi connectivity index (χ4n) is 2.72. The zero-order valence-corrected chi connectivity index (χ0v) is 12.8. The Hall–Kier alpha value is -2.08. The van der Waals surface area contributed by atoms with E-state index in [1.807, 2.05) is 18.0 Å². The van der Waals surface area contributed by atoms with E-state index in [1.54, 1.807) is 12.1 Å². The minimum Gasteiger partial charge on any atom is -0.372 e. The zero-order chi connectivity index (χ0) is 15.7. The van der Waals surface area contributed by atoms with Crippen LogP contribution in [0, 0.1) is 5.92 Å². The summed E-state index contributed by atoms with van der Waals surface area (Å²) in [7, 11) is 1.94. The Bertz CT molecular complexity index is 598. The van der Waals surface area contributed by atoms with Gasteiger partial charge in [-0.3, -0.25) is 9.59 Å². The molecule has 2 amide bonds. The van der Waals surface area contributed by atoms with Crippen molar-refractivity contribution < 1.29 is 9.59 Å². The number of carbonyl (C=O) groups excluding carboxylic acids is 2. The van der Waals surface area contributed by atoms with Gasteiger partial charge in [0.1, 0.15) is 0 Å². The summed E-state index contributed by atoms with van der Waals surface area (Å²) in [6.45, 7) is 1.16. The van der Waals surface area contributed by atoms with Crippen molar-refractivity contribution in [1.82, 2.24) is 5.32 Å². The average molecular weight is 302 g/mol. The number of anilines is 2. The number of fused-ring (bicyclic) bond motifs is 1. The third-order valence-electron chi connectivity index (χ3n) is 4.34. The molecule has 0 aromatic heterocycles. The van der Waals surface area contributed by atoms with Gasteiger partial charge in [-0.05, 0) is 37.0 Å².